The first-order chi connectivity index (χ1) is 8.40. The van der Waals surface area contributed by atoms with Gasteiger partial charge in [0.05, 0.1) is 31.7 Å². The minimum Gasteiger partial charge on any atom is -0.465 e. The van der Waals surface area contributed by atoms with Crippen LogP contribution in [0.25, 0.3) is 0 Å². The number of hydrogen-bond acceptors (Lipinski definition) is 7. The zero-order chi connectivity index (χ0) is 14.2. The molecule has 0 aromatic heterocycles. The monoisotopic (exact) mass is 262 g/mol. The van der Waals surface area contributed by atoms with Gasteiger partial charge in [0, 0.05) is 13.3 Å². The lowest BCUT2D eigenvalue weighted by atomic mass is 9.93. The van der Waals surface area contributed by atoms with Gasteiger partial charge in [0.2, 0.25) is 0 Å². The predicted octanol–water partition coefficient (Wildman–Crippen LogP) is -1.57. The molecule has 0 aliphatic rings. The number of ketones is 2. The van der Waals surface area contributed by atoms with Gasteiger partial charge in [-0.15, -0.1) is 0 Å². The van der Waals surface area contributed by atoms with E-state index in [1.54, 1.807) is 0 Å². The van der Waals surface area contributed by atoms with Gasteiger partial charge >= 0.3 is 5.97 Å². The third-order valence-electron chi connectivity index (χ3n) is 2.49. The van der Waals surface area contributed by atoms with Gasteiger partial charge in [-0.25, -0.2) is 0 Å². The zero-order valence-corrected chi connectivity index (χ0v) is 10.2. The van der Waals surface area contributed by atoms with Crippen molar-refractivity contribution in [2.24, 2.45) is 5.41 Å². The lowest BCUT2D eigenvalue weighted by Crippen LogP contribution is -2.39. The van der Waals surface area contributed by atoms with Gasteiger partial charge in [0.15, 0.2) is 11.6 Å². The zero-order valence-electron chi connectivity index (χ0n) is 10.2. The van der Waals surface area contributed by atoms with Crippen molar-refractivity contribution in [2.45, 2.75) is 19.8 Å². The quantitative estimate of drug-likeness (QED) is 0.339. The van der Waals surface area contributed by atoms with E-state index in [4.69, 9.17) is 20.1 Å². The maximum Gasteiger partial charge on any atom is 0.306 e. The topological polar surface area (TPSA) is 121 Å². The van der Waals surface area contributed by atoms with E-state index in [0.717, 1.165) is 6.92 Å². The van der Waals surface area contributed by atoms with Gasteiger partial charge in [-0.05, 0) is 0 Å². The fourth-order valence-corrected chi connectivity index (χ4v) is 0.984. The summed E-state index contributed by atoms with van der Waals surface area (Å²) < 4.78 is 4.73. The van der Waals surface area contributed by atoms with Crippen molar-refractivity contribution in [1.82, 2.24) is 0 Å². The molecular formula is C11H18O7. The fraction of sp³-hybridized carbons (Fsp3) is 0.727. The molecule has 0 rings (SSSR count). The SMILES string of the molecule is CC(=O)C(=O)CCC(=O)OCC(CO)(CO)CO. The van der Waals surface area contributed by atoms with E-state index in [9.17, 15) is 14.4 Å². The molecule has 104 valence electrons. The maximum absolute atomic E-state index is 11.2. The summed E-state index contributed by atoms with van der Waals surface area (Å²) in [5, 5.41) is 26.9. The van der Waals surface area contributed by atoms with E-state index in [2.05, 4.69) is 0 Å². The Kier molecular flexibility index (Phi) is 7.33. The van der Waals surface area contributed by atoms with Crippen LogP contribution < -0.4 is 0 Å². The Bertz CT molecular complexity index is 298. The number of esters is 1. The lowest BCUT2D eigenvalue weighted by Gasteiger charge is -2.26. The molecular weight excluding hydrogens is 244 g/mol. The second-order valence-electron chi connectivity index (χ2n) is 4.11. The summed E-state index contributed by atoms with van der Waals surface area (Å²) >= 11 is 0. The smallest absolute Gasteiger partial charge is 0.306 e. The van der Waals surface area contributed by atoms with Crippen LogP contribution >= 0.6 is 0 Å². The maximum atomic E-state index is 11.2. The van der Waals surface area contributed by atoms with Gasteiger partial charge < -0.3 is 20.1 Å². The van der Waals surface area contributed by atoms with Crippen LogP contribution in [0.4, 0.5) is 0 Å². The van der Waals surface area contributed by atoms with E-state index in [-0.39, 0.29) is 19.4 Å². The highest BCUT2D eigenvalue weighted by molar-refractivity contribution is 6.36. The minimum absolute atomic E-state index is 0.238. The van der Waals surface area contributed by atoms with E-state index in [1.807, 2.05) is 0 Å². The number of Topliss-reactive ketones (excluding diaryl/α,β-unsaturated/α-hetero) is 2. The largest absolute Gasteiger partial charge is 0.465 e. The van der Waals surface area contributed by atoms with Crippen LogP contribution in [-0.2, 0) is 19.1 Å². The van der Waals surface area contributed by atoms with Crippen molar-refractivity contribution >= 4 is 17.5 Å². The summed E-state index contributed by atoms with van der Waals surface area (Å²) in [4.78, 5) is 32.8. The molecule has 0 radical (unpaired) electrons. The number of ether oxygens (including phenoxy) is 1. The molecule has 0 aromatic rings. The molecule has 0 spiro atoms. The van der Waals surface area contributed by atoms with Crippen LogP contribution in [0.1, 0.15) is 19.8 Å². The van der Waals surface area contributed by atoms with Crippen LogP contribution in [0.5, 0.6) is 0 Å². The Balaban J connectivity index is 4.10. The predicted molar refractivity (Wildman–Crippen MR) is 59.6 cm³/mol. The molecule has 0 amide bonds. The van der Waals surface area contributed by atoms with Crippen LogP contribution in [-0.4, -0.2) is 59.3 Å². The third kappa shape index (κ3) is 5.35. The molecule has 7 nitrogen and oxygen atoms in total. The van der Waals surface area contributed by atoms with E-state index >= 15 is 0 Å². The van der Waals surface area contributed by atoms with E-state index < -0.39 is 42.8 Å². The van der Waals surface area contributed by atoms with Gasteiger partial charge in [-0.2, -0.15) is 0 Å². The van der Waals surface area contributed by atoms with Crippen molar-refractivity contribution in [3.05, 3.63) is 0 Å². The Labute approximate surface area is 104 Å². The molecule has 7 heteroatoms. The summed E-state index contributed by atoms with van der Waals surface area (Å²) in [6, 6.07) is 0. The number of aliphatic hydroxyl groups is 3. The van der Waals surface area contributed by atoms with Crippen LogP contribution in [0, 0.1) is 5.41 Å². The molecule has 0 saturated heterocycles. The summed E-state index contributed by atoms with van der Waals surface area (Å²) in [5.41, 5.74) is -1.29. The minimum atomic E-state index is -1.29. The van der Waals surface area contributed by atoms with Crippen LogP contribution in [0.15, 0.2) is 0 Å². The molecule has 0 atom stereocenters. The first-order valence-electron chi connectivity index (χ1n) is 5.43. The highest BCUT2D eigenvalue weighted by Gasteiger charge is 2.30. The number of carbonyl (C=O) groups excluding carboxylic acids is 3. The third-order valence-corrected chi connectivity index (χ3v) is 2.49. The van der Waals surface area contributed by atoms with Crippen LogP contribution in [0.2, 0.25) is 0 Å². The summed E-state index contributed by atoms with van der Waals surface area (Å²) in [6.07, 6.45) is -0.491. The highest BCUT2D eigenvalue weighted by atomic mass is 16.5. The summed E-state index contributed by atoms with van der Waals surface area (Å²) in [6.45, 7) is -0.870. The normalized spacial score (nSPS) is 11.1. The Morgan fingerprint density at radius 2 is 1.50 bits per heavy atom. The standard InChI is InChI=1S/C11H18O7/c1-8(15)9(16)2-3-10(17)18-7-11(4-12,5-13)6-14/h12-14H,2-7H2,1H3. The lowest BCUT2D eigenvalue weighted by molar-refractivity contribution is -0.152. The van der Waals surface area contributed by atoms with E-state index in [1.165, 1.54) is 0 Å². The molecule has 0 fully saturated rings. The number of rotatable bonds is 9. The van der Waals surface area contributed by atoms with Crippen molar-refractivity contribution < 1.29 is 34.4 Å². The Morgan fingerprint density at radius 3 is 1.89 bits per heavy atom. The highest BCUT2D eigenvalue weighted by Crippen LogP contribution is 2.15. The molecule has 0 bridgehead atoms. The first-order valence-corrected chi connectivity index (χ1v) is 5.43. The number of hydrogen-bond donors (Lipinski definition) is 3. The average Bonchev–Trinajstić information content (AvgIpc) is 2.38. The van der Waals surface area contributed by atoms with Crippen LogP contribution in [0.3, 0.4) is 0 Å². The average molecular weight is 262 g/mol. The van der Waals surface area contributed by atoms with Gasteiger partial charge in [0.1, 0.15) is 6.61 Å². The van der Waals surface area contributed by atoms with Gasteiger partial charge in [0.25, 0.3) is 0 Å². The van der Waals surface area contributed by atoms with Crippen molar-refractivity contribution in [3.63, 3.8) is 0 Å². The molecule has 3 N–H and O–H groups in total. The molecule has 0 aromatic carbocycles. The Morgan fingerprint density at radius 1 is 1.00 bits per heavy atom. The van der Waals surface area contributed by atoms with E-state index in [0.29, 0.717) is 0 Å². The van der Waals surface area contributed by atoms with Crippen molar-refractivity contribution in [3.8, 4) is 0 Å². The number of aliphatic hydroxyl groups excluding tert-OH is 3. The van der Waals surface area contributed by atoms with Crippen molar-refractivity contribution in [1.29, 1.82) is 0 Å². The fourth-order valence-electron chi connectivity index (χ4n) is 0.984. The summed E-state index contributed by atoms with van der Waals surface area (Å²) in [5.74, 6) is -2.02. The second kappa shape index (κ2) is 7.91. The summed E-state index contributed by atoms with van der Waals surface area (Å²) in [7, 11) is 0. The second-order valence-corrected chi connectivity index (χ2v) is 4.11. The Hall–Kier alpha value is -1.31. The molecule has 0 aliphatic carbocycles. The molecule has 0 saturated carbocycles. The molecule has 0 aliphatic heterocycles. The molecule has 0 heterocycles. The van der Waals surface area contributed by atoms with Gasteiger partial charge in [-0.1, -0.05) is 0 Å². The van der Waals surface area contributed by atoms with Gasteiger partial charge in [-0.3, -0.25) is 14.4 Å². The molecule has 18 heavy (non-hydrogen) atoms. The van der Waals surface area contributed by atoms with Crippen molar-refractivity contribution in [2.75, 3.05) is 26.4 Å². The first kappa shape index (κ1) is 16.7. The molecule has 0 unspecified atom stereocenters. The number of carbonyl (C=O) groups is 3.